The number of hydrogen-bond donors (Lipinski definition) is 0. The van der Waals surface area contributed by atoms with E-state index >= 15 is 0 Å². The summed E-state index contributed by atoms with van der Waals surface area (Å²) in [5, 5.41) is 12.5. The Balaban J connectivity index is 1.94. The fraction of sp³-hybridized carbons (Fsp3) is 0. The van der Waals surface area contributed by atoms with Crippen LogP contribution in [0.25, 0.3) is 23.1 Å². The summed E-state index contributed by atoms with van der Waals surface area (Å²) < 4.78 is 5.30. The predicted molar refractivity (Wildman–Crippen MR) is 84.8 cm³/mol. The third kappa shape index (κ3) is 3.05. The van der Waals surface area contributed by atoms with E-state index in [0.717, 1.165) is 11.3 Å². The zero-order valence-corrected chi connectivity index (χ0v) is 12.4. The molecule has 0 amide bonds. The van der Waals surface area contributed by atoms with Crippen molar-refractivity contribution in [2.45, 2.75) is 0 Å². The lowest BCUT2D eigenvalue weighted by atomic mass is 10.1. The van der Waals surface area contributed by atoms with E-state index in [-0.39, 0.29) is 0 Å². The minimum absolute atomic E-state index is 0.514. The molecule has 0 saturated heterocycles. The highest BCUT2D eigenvalue weighted by atomic mass is 35.5. The summed E-state index contributed by atoms with van der Waals surface area (Å²) in [6.07, 6.45) is 3.39. The van der Waals surface area contributed by atoms with Crippen molar-refractivity contribution in [2.24, 2.45) is 0 Å². The number of allylic oxidation sites excluding steroid dienone is 1. The molecule has 2 aromatic heterocycles. The van der Waals surface area contributed by atoms with Gasteiger partial charge in [0, 0.05) is 10.4 Å². The Hall–Kier alpha value is -2.35. The summed E-state index contributed by atoms with van der Waals surface area (Å²) in [6, 6.07) is 13.1. The van der Waals surface area contributed by atoms with Crippen molar-refractivity contribution in [1.82, 2.24) is 4.98 Å². The first-order chi connectivity index (χ1) is 10.3. The van der Waals surface area contributed by atoms with E-state index in [4.69, 9.17) is 16.0 Å². The Morgan fingerprint density at radius 3 is 2.76 bits per heavy atom. The molecule has 3 aromatic rings. The second-order valence-corrected chi connectivity index (χ2v) is 5.53. The van der Waals surface area contributed by atoms with Gasteiger partial charge in [-0.15, -0.1) is 11.3 Å². The van der Waals surface area contributed by atoms with Crippen LogP contribution in [0.5, 0.6) is 0 Å². The number of benzene rings is 1. The molecule has 0 aliphatic heterocycles. The third-order valence-electron chi connectivity index (χ3n) is 2.81. The van der Waals surface area contributed by atoms with Crippen molar-refractivity contribution in [2.75, 3.05) is 0 Å². The molecule has 1 aromatic carbocycles. The topological polar surface area (TPSA) is 49.8 Å². The summed E-state index contributed by atoms with van der Waals surface area (Å²) in [4.78, 5) is 4.45. The summed E-state index contributed by atoms with van der Waals surface area (Å²) in [7, 11) is 0. The number of thiazole rings is 1. The Morgan fingerprint density at radius 1 is 1.29 bits per heavy atom. The van der Waals surface area contributed by atoms with Crippen LogP contribution in [0.2, 0.25) is 5.02 Å². The van der Waals surface area contributed by atoms with E-state index in [2.05, 4.69) is 11.1 Å². The molecular formula is C16H9ClN2OS. The van der Waals surface area contributed by atoms with Gasteiger partial charge in [-0.1, -0.05) is 23.7 Å². The van der Waals surface area contributed by atoms with Crippen LogP contribution in [0.15, 0.2) is 52.5 Å². The zero-order valence-electron chi connectivity index (χ0n) is 10.8. The number of nitrogens with zero attached hydrogens (tertiary/aromatic N) is 2. The molecule has 0 fully saturated rings. The van der Waals surface area contributed by atoms with Crippen molar-refractivity contribution in [3.8, 4) is 17.5 Å². The van der Waals surface area contributed by atoms with Crippen LogP contribution in [0, 0.1) is 11.3 Å². The van der Waals surface area contributed by atoms with E-state index in [9.17, 15) is 5.26 Å². The summed E-state index contributed by atoms with van der Waals surface area (Å²) in [6.45, 7) is 0. The molecule has 0 atom stereocenters. The third-order valence-corrected chi connectivity index (χ3v) is 3.94. The first kappa shape index (κ1) is 13.6. The predicted octanol–water partition coefficient (Wildman–Crippen LogP) is 5.12. The smallest absolute Gasteiger partial charge is 0.153 e. The average molecular weight is 313 g/mol. The highest BCUT2D eigenvalue weighted by Gasteiger charge is 2.10. The molecule has 0 radical (unpaired) electrons. The maximum Gasteiger partial charge on any atom is 0.153 e. The van der Waals surface area contributed by atoms with Crippen LogP contribution in [-0.4, -0.2) is 4.98 Å². The molecule has 3 rings (SSSR count). The van der Waals surface area contributed by atoms with Crippen molar-refractivity contribution in [3.05, 3.63) is 63.6 Å². The molecule has 0 unspecified atom stereocenters. The van der Waals surface area contributed by atoms with Gasteiger partial charge in [0.1, 0.15) is 16.8 Å². The van der Waals surface area contributed by atoms with E-state index in [1.807, 2.05) is 29.6 Å². The van der Waals surface area contributed by atoms with E-state index in [0.29, 0.717) is 21.4 Å². The quantitative estimate of drug-likeness (QED) is 0.631. The highest BCUT2D eigenvalue weighted by molar-refractivity contribution is 7.11. The van der Waals surface area contributed by atoms with Gasteiger partial charge in [0.25, 0.3) is 0 Å². The Bertz CT molecular complexity index is 811. The molecule has 2 heterocycles. The maximum atomic E-state index is 9.33. The lowest BCUT2D eigenvalue weighted by molar-refractivity contribution is 0.580. The number of aromatic nitrogens is 1. The molecule has 102 valence electrons. The fourth-order valence-electron chi connectivity index (χ4n) is 1.80. The molecule has 0 aliphatic carbocycles. The van der Waals surface area contributed by atoms with Crippen LogP contribution in [0.1, 0.15) is 10.6 Å². The molecule has 3 nitrogen and oxygen atoms in total. The van der Waals surface area contributed by atoms with Crippen molar-refractivity contribution < 1.29 is 4.42 Å². The second-order valence-electron chi connectivity index (χ2n) is 4.24. The van der Waals surface area contributed by atoms with Crippen LogP contribution < -0.4 is 0 Å². The largest absolute Gasteiger partial charge is 0.463 e. The number of rotatable bonds is 3. The Labute approximate surface area is 130 Å². The zero-order chi connectivity index (χ0) is 14.7. The van der Waals surface area contributed by atoms with Crippen LogP contribution in [-0.2, 0) is 0 Å². The van der Waals surface area contributed by atoms with Gasteiger partial charge in [0.05, 0.1) is 11.8 Å². The maximum absolute atomic E-state index is 9.33. The van der Waals surface area contributed by atoms with E-state index in [1.165, 1.54) is 11.3 Å². The van der Waals surface area contributed by atoms with Crippen molar-refractivity contribution in [1.29, 1.82) is 5.26 Å². The monoisotopic (exact) mass is 312 g/mol. The van der Waals surface area contributed by atoms with Gasteiger partial charge in [0.2, 0.25) is 0 Å². The minimum Gasteiger partial charge on any atom is -0.463 e. The molecular weight excluding hydrogens is 304 g/mol. The van der Waals surface area contributed by atoms with Crippen LogP contribution >= 0.6 is 22.9 Å². The van der Waals surface area contributed by atoms with Gasteiger partial charge in [0.15, 0.2) is 5.76 Å². The average Bonchev–Trinajstić information content (AvgIpc) is 3.17. The summed E-state index contributed by atoms with van der Waals surface area (Å²) in [5.41, 5.74) is 2.16. The van der Waals surface area contributed by atoms with Gasteiger partial charge in [-0.05, 0) is 35.9 Å². The minimum atomic E-state index is 0.514. The van der Waals surface area contributed by atoms with Crippen molar-refractivity contribution >= 4 is 34.6 Å². The summed E-state index contributed by atoms with van der Waals surface area (Å²) in [5.74, 6) is 0.696. The van der Waals surface area contributed by atoms with E-state index < -0.39 is 0 Å². The number of nitriles is 1. The normalized spacial score (nSPS) is 11.3. The van der Waals surface area contributed by atoms with Gasteiger partial charge >= 0.3 is 0 Å². The first-order valence-corrected chi connectivity index (χ1v) is 7.39. The van der Waals surface area contributed by atoms with Crippen LogP contribution in [0.3, 0.4) is 0 Å². The summed E-state index contributed by atoms with van der Waals surface area (Å²) >= 11 is 7.27. The highest BCUT2D eigenvalue weighted by Crippen LogP contribution is 2.27. The van der Waals surface area contributed by atoms with Crippen LogP contribution in [0.4, 0.5) is 0 Å². The molecule has 0 aliphatic rings. The molecule has 0 saturated carbocycles. The van der Waals surface area contributed by atoms with Gasteiger partial charge < -0.3 is 4.42 Å². The van der Waals surface area contributed by atoms with Gasteiger partial charge in [-0.25, -0.2) is 4.98 Å². The number of hydrogen-bond acceptors (Lipinski definition) is 4. The van der Waals surface area contributed by atoms with Gasteiger partial charge in [-0.2, -0.15) is 5.26 Å². The lowest BCUT2D eigenvalue weighted by Crippen LogP contribution is -1.82. The Kier molecular flexibility index (Phi) is 3.87. The van der Waals surface area contributed by atoms with E-state index in [1.54, 1.807) is 24.5 Å². The molecule has 0 bridgehead atoms. The number of halogens is 1. The lowest BCUT2D eigenvalue weighted by Gasteiger charge is -1.96. The molecule has 0 N–H and O–H groups in total. The molecule has 0 spiro atoms. The fourth-order valence-corrected chi connectivity index (χ4v) is 2.70. The standard InChI is InChI=1S/C16H9ClN2OS/c17-13-5-3-11(4-6-13)8-12(9-18)16-19-14(10-21-16)15-2-1-7-20-15/h1-8,10H. The van der Waals surface area contributed by atoms with Crippen molar-refractivity contribution in [3.63, 3.8) is 0 Å². The first-order valence-electron chi connectivity index (χ1n) is 6.13. The second kappa shape index (κ2) is 5.96. The molecule has 5 heteroatoms. The molecule has 21 heavy (non-hydrogen) atoms. The van der Waals surface area contributed by atoms with Gasteiger partial charge in [-0.3, -0.25) is 0 Å². The Morgan fingerprint density at radius 2 is 2.10 bits per heavy atom. The SMILES string of the molecule is N#CC(=Cc1ccc(Cl)cc1)c1nc(-c2ccco2)cs1. The number of furan rings is 1.